The Morgan fingerprint density at radius 1 is 1.02 bits per heavy atom. The Kier molecular flexibility index (Phi) is 7.96. The van der Waals surface area contributed by atoms with Crippen LogP contribution in [0.25, 0.3) is 0 Å². The molecule has 0 radical (unpaired) electrons. The van der Waals surface area contributed by atoms with E-state index in [1.165, 1.54) is 38.0 Å². The Labute approximate surface area is 252 Å². The molecule has 1 saturated carbocycles. The lowest BCUT2D eigenvalue weighted by atomic mass is 9.99. The molecule has 1 amide bonds. The highest BCUT2D eigenvalue weighted by Crippen LogP contribution is 2.57. The summed E-state index contributed by atoms with van der Waals surface area (Å²) in [6.07, 6.45) is -3.22. The zero-order chi connectivity index (χ0) is 31.9. The van der Waals surface area contributed by atoms with E-state index in [1.54, 1.807) is 55.5 Å². The van der Waals surface area contributed by atoms with Crippen molar-refractivity contribution >= 4 is 29.0 Å². The predicted octanol–water partition coefficient (Wildman–Crippen LogP) is 6.43. The van der Waals surface area contributed by atoms with Crippen LogP contribution in [-0.4, -0.2) is 48.3 Å². The zero-order valence-electron chi connectivity index (χ0n) is 24.6. The van der Waals surface area contributed by atoms with Crippen LogP contribution in [0.2, 0.25) is 0 Å². The summed E-state index contributed by atoms with van der Waals surface area (Å²) in [7, 11) is 1.48. The Balaban J connectivity index is 1.50. The second kappa shape index (κ2) is 11.4. The number of carbonyl (C=O) groups excluding carboxylic acids is 1. The minimum absolute atomic E-state index is 0.288. The van der Waals surface area contributed by atoms with Gasteiger partial charge in [-0.05, 0) is 62.9 Å². The number of hydrogen-bond acceptors (Lipinski definition) is 7. The zero-order valence-corrected chi connectivity index (χ0v) is 24.6. The number of halogens is 3. The van der Waals surface area contributed by atoms with Crippen molar-refractivity contribution < 1.29 is 42.2 Å². The number of methoxy groups -OCH3 is 1. The van der Waals surface area contributed by atoms with E-state index in [2.05, 4.69) is 15.2 Å². The highest BCUT2D eigenvalue weighted by Gasteiger charge is 2.54. The van der Waals surface area contributed by atoms with E-state index in [0.29, 0.717) is 40.5 Å². The molecule has 1 aliphatic carbocycles. The van der Waals surface area contributed by atoms with Gasteiger partial charge in [0.25, 0.3) is 5.91 Å². The Bertz CT molecular complexity index is 1600. The number of aliphatic carboxylic acids is 1. The van der Waals surface area contributed by atoms with Gasteiger partial charge in [0, 0.05) is 35.3 Å². The first-order chi connectivity index (χ1) is 20.7. The molecule has 1 spiro atoms. The number of alkyl halides is 3. The molecule has 1 fully saturated rings. The fourth-order valence-corrected chi connectivity index (χ4v) is 5.17. The van der Waals surface area contributed by atoms with Crippen LogP contribution >= 0.6 is 0 Å². The Morgan fingerprint density at radius 3 is 2.34 bits per heavy atom. The fraction of sp³-hybridized carbons (Fsp3) is 0.344. The van der Waals surface area contributed by atoms with Crippen molar-refractivity contribution in [2.24, 2.45) is 5.16 Å². The van der Waals surface area contributed by atoms with Gasteiger partial charge in [-0.15, -0.1) is 13.2 Å². The van der Waals surface area contributed by atoms with E-state index in [4.69, 9.17) is 9.57 Å². The quantitative estimate of drug-likeness (QED) is 0.201. The van der Waals surface area contributed by atoms with Crippen molar-refractivity contribution in [3.05, 3.63) is 83.4 Å². The molecule has 3 aromatic carbocycles. The Hall–Kier alpha value is -4.74. The number of oxime groups is 1. The third kappa shape index (κ3) is 6.43. The van der Waals surface area contributed by atoms with Crippen molar-refractivity contribution in [1.29, 1.82) is 0 Å². The molecule has 232 valence electrons. The second-order valence-corrected chi connectivity index (χ2v) is 11.5. The molecule has 44 heavy (non-hydrogen) atoms. The lowest BCUT2D eigenvalue weighted by molar-refractivity contribution is -0.274. The van der Waals surface area contributed by atoms with E-state index in [0.717, 1.165) is 18.4 Å². The van der Waals surface area contributed by atoms with Crippen LogP contribution in [0.1, 0.15) is 56.3 Å². The summed E-state index contributed by atoms with van der Waals surface area (Å²) in [6, 6.07) is 17.3. The maximum absolute atomic E-state index is 14.3. The summed E-state index contributed by atoms with van der Waals surface area (Å²) in [5.74, 6) is -1.49. The maximum atomic E-state index is 14.3. The van der Waals surface area contributed by atoms with Crippen molar-refractivity contribution in [3.8, 4) is 11.5 Å². The van der Waals surface area contributed by atoms with Gasteiger partial charge in [-0.2, -0.15) is 0 Å². The molecule has 1 heterocycles. The molecule has 2 N–H and O–H groups in total. The van der Waals surface area contributed by atoms with E-state index >= 15 is 0 Å². The topological polar surface area (TPSA) is 110 Å². The highest BCUT2D eigenvalue weighted by atomic mass is 19.4. The molecule has 1 atom stereocenters. The fourth-order valence-electron chi connectivity index (χ4n) is 5.17. The average Bonchev–Trinajstić information content (AvgIpc) is 3.69. The molecule has 0 bridgehead atoms. The SMILES string of the molecule is COc1cc(NC(C(=O)N2CC3(CC3)c3ccc(OC(F)(F)F)cc32)c2ccccc2)cc(/C(C)=N/OC(C)(C)C(=O)O)c1. The number of carboxylic acid groups (broad SMARTS) is 1. The lowest BCUT2D eigenvalue weighted by Gasteiger charge is -2.27. The number of carbonyl (C=O) groups is 2. The van der Waals surface area contributed by atoms with E-state index in [1.807, 2.05) is 6.07 Å². The first-order valence-corrected chi connectivity index (χ1v) is 13.9. The molecule has 5 rings (SSSR count). The normalized spacial score (nSPS) is 16.2. The van der Waals surface area contributed by atoms with Crippen LogP contribution in [-0.2, 0) is 19.8 Å². The van der Waals surface area contributed by atoms with Gasteiger partial charge in [0.05, 0.1) is 18.5 Å². The number of carboxylic acids is 1. The summed E-state index contributed by atoms with van der Waals surface area (Å²) >= 11 is 0. The molecule has 1 aliphatic heterocycles. The molecule has 12 heteroatoms. The van der Waals surface area contributed by atoms with Crippen LogP contribution in [0.5, 0.6) is 11.5 Å². The van der Waals surface area contributed by atoms with Crippen LogP contribution in [0.4, 0.5) is 24.5 Å². The second-order valence-electron chi connectivity index (χ2n) is 11.5. The number of rotatable bonds is 10. The monoisotopic (exact) mass is 611 g/mol. The third-order valence-corrected chi connectivity index (χ3v) is 7.82. The van der Waals surface area contributed by atoms with Crippen LogP contribution in [0.3, 0.4) is 0 Å². The lowest BCUT2D eigenvalue weighted by Crippen LogP contribution is -2.38. The smallest absolute Gasteiger partial charge is 0.497 e. The van der Waals surface area contributed by atoms with Gasteiger partial charge in [-0.25, -0.2) is 4.79 Å². The van der Waals surface area contributed by atoms with Crippen LogP contribution < -0.4 is 19.7 Å². The number of anilines is 2. The molecular weight excluding hydrogens is 579 g/mol. The number of hydrogen-bond donors (Lipinski definition) is 2. The summed E-state index contributed by atoms with van der Waals surface area (Å²) in [5, 5.41) is 16.6. The molecule has 9 nitrogen and oxygen atoms in total. The van der Waals surface area contributed by atoms with Gasteiger partial charge in [0.2, 0.25) is 5.60 Å². The van der Waals surface area contributed by atoms with Crippen LogP contribution in [0, 0.1) is 0 Å². The number of benzene rings is 3. The summed E-state index contributed by atoms with van der Waals surface area (Å²) in [4.78, 5) is 32.6. The molecule has 0 saturated heterocycles. The van der Waals surface area contributed by atoms with Gasteiger partial charge in [-0.1, -0.05) is 41.6 Å². The summed E-state index contributed by atoms with van der Waals surface area (Å²) < 4.78 is 48.8. The van der Waals surface area contributed by atoms with Gasteiger partial charge >= 0.3 is 12.3 Å². The predicted molar refractivity (Wildman–Crippen MR) is 157 cm³/mol. The van der Waals surface area contributed by atoms with Gasteiger partial charge in [0.15, 0.2) is 0 Å². The standard InChI is InChI=1S/C32H32F3N3O6/c1-19(37-44-30(2,3)29(40)41)21-14-22(16-24(15-21)42-4)36-27(20-8-6-5-7-9-20)28(39)38-18-31(12-13-31)25-11-10-23(17-26(25)38)43-32(33,34)35/h5-11,14-17,27,36H,12-13,18H2,1-4H3,(H,40,41)/b37-19+. The van der Waals surface area contributed by atoms with Gasteiger partial charge < -0.3 is 29.6 Å². The third-order valence-electron chi connectivity index (χ3n) is 7.82. The largest absolute Gasteiger partial charge is 0.573 e. The van der Waals surface area contributed by atoms with E-state index in [-0.39, 0.29) is 11.3 Å². The number of amides is 1. The van der Waals surface area contributed by atoms with Gasteiger partial charge in [0.1, 0.15) is 17.5 Å². The van der Waals surface area contributed by atoms with Gasteiger partial charge in [-0.3, -0.25) is 4.79 Å². The van der Waals surface area contributed by atoms with Crippen molar-refractivity contribution in [1.82, 2.24) is 0 Å². The first-order valence-electron chi connectivity index (χ1n) is 13.9. The molecule has 2 aliphatic rings. The molecule has 3 aromatic rings. The maximum Gasteiger partial charge on any atom is 0.573 e. The first kappa shape index (κ1) is 30.7. The minimum Gasteiger partial charge on any atom is -0.497 e. The van der Waals surface area contributed by atoms with Crippen molar-refractivity contribution in [2.75, 3.05) is 23.9 Å². The molecule has 0 aromatic heterocycles. The average molecular weight is 612 g/mol. The highest BCUT2D eigenvalue weighted by molar-refractivity contribution is 6.03. The summed E-state index contributed by atoms with van der Waals surface area (Å²) in [5.41, 5.74) is 1.42. The number of nitrogens with one attached hydrogen (secondary N) is 1. The number of nitrogens with zero attached hydrogens (tertiary/aromatic N) is 2. The minimum atomic E-state index is -4.87. The molecule has 1 unspecified atom stereocenters. The van der Waals surface area contributed by atoms with E-state index in [9.17, 15) is 27.9 Å². The molecular formula is C32H32F3N3O6. The number of ether oxygens (including phenoxy) is 2. The van der Waals surface area contributed by atoms with Crippen molar-refractivity contribution in [3.63, 3.8) is 0 Å². The van der Waals surface area contributed by atoms with E-state index < -0.39 is 29.7 Å². The Morgan fingerprint density at radius 2 is 1.73 bits per heavy atom. The number of fused-ring (bicyclic) bond motifs is 2. The summed E-state index contributed by atoms with van der Waals surface area (Å²) in [6.45, 7) is 4.74. The van der Waals surface area contributed by atoms with Crippen LogP contribution in [0.15, 0.2) is 71.9 Å². The van der Waals surface area contributed by atoms with Crippen molar-refractivity contribution in [2.45, 2.75) is 57.0 Å².